The van der Waals surface area contributed by atoms with Gasteiger partial charge in [0.2, 0.25) is 0 Å². The molecule has 6 nitrogen and oxygen atoms in total. The molecule has 168 valence electrons. The summed E-state index contributed by atoms with van der Waals surface area (Å²) in [7, 11) is 0. The van der Waals surface area contributed by atoms with Crippen LogP contribution in [0.4, 0.5) is 8.78 Å². The summed E-state index contributed by atoms with van der Waals surface area (Å²) in [4.78, 5) is 24.6. The van der Waals surface area contributed by atoms with Gasteiger partial charge in [0, 0.05) is 5.39 Å². The Morgan fingerprint density at radius 2 is 1.75 bits per heavy atom. The fraction of sp³-hybridized carbons (Fsp3) is 0.250. The molecule has 0 fully saturated rings. The van der Waals surface area contributed by atoms with Gasteiger partial charge in [0.15, 0.2) is 0 Å². The van der Waals surface area contributed by atoms with Gasteiger partial charge < -0.3 is 19.9 Å². The van der Waals surface area contributed by atoms with Gasteiger partial charge >= 0.3 is 12.6 Å². The van der Waals surface area contributed by atoms with E-state index in [2.05, 4.69) is 10.1 Å². The lowest BCUT2D eigenvalue weighted by Gasteiger charge is -2.25. The average molecular weight is 443 g/mol. The van der Waals surface area contributed by atoms with E-state index in [0.717, 1.165) is 5.39 Å². The molecule has 0 aromatic heterocycles. The minimum absolute atomic E-state index is 0.0292. The van der Waals surface area contributed by atoms with Gasteiger partial charge in [-0.2, -0.15) is 8.78 Å². The molecular weight excluding hydrogens is 420 g/mol. The molecule has 0 heterocycles. The number of benzene rings is 3. The number of carbonyl (C=O) groups is 2. The number of nitrogens with one attached hydrogen (secondary N) is 1. The van der Waals surface area contributed by atoms with E-state index in [1.165, 1.54) is 19.1 Å². The minimum Gasteiger partial charge on any atom is -0.487 e. The maximum Gasteiger partial charge on any atom is 0.387 e. The van der Waals surface area contributed by atoms with Crippen LogP contribution in [0.5, 0.6) is 11.5 Å². The molecule has 1 unspecified atom stereocenters. The maximum absolute atomic E-state index is 13.0. The number of halogens is 2. The highest BCUT2D eigenvalue weighted by molar-refractivity contribution is 6.05. The Morgan fingerprint density at radius 3 is 2.38 bits per heavy atom. The number of hydrogen-bond donors (Lipinski definition) is 2. The predicted molar refractivity (Wildman–Crippen MR) is 115 cm³/mol. The van der Waals surface area contributed by atoms with E-state index in [9.17, 15) is 23.5 Å². The number of carbonyl (C=O) groups excluding carboxylic acids is 1. The van der Waals surface area contributed by atoms with Crippen molar-refractivity contribution in [1.29, 1.82) is 0 Å². The number of alkyl halides is 2. The van der Waals surface area contributed by atoms with E-state index in [1.807, 2.05) is 12.1 Å². The van der Waals surface area contributed by atoms with Crippen LogP contribution in [-0.4, -0.2) is 29.1 Å². The van der Waals surface area contributed by atoms with Crippen molar-refractivity contribution in [3.05, 3.63) is 71.8 Å². The number of rotatable bonds is 9. The lowest BCUT2D eigenvalue weighted by molar-refractivity contribution is -0.143. The molecule has 0 saturated heterocycles. The number of fused-ring (bicyclic) bond motifs is 1. The second kappa shape index (κ2) is 9.64. The van der Waals surface area contributed by atoms with Gasteiger partial charge in [-0.3, -0.25) is 4.79 Å². The second-order valence-electron chi connectivity index (χ2n) is 7.42. The predicted octanol–water partition coefficient (Wildman–Crippen LogP) is 5.00. The molecule has 8 heteroatoms. The monoisotopic (exact) mass is 443 g/mol. The van der Waals surface area contributed by atoms with Crippen LogP contribution in [0.15, 0.2) is 60.7 Å². The average Bonchev–Trinajstić information content (AvgIpc) is 2.77. The first kappa shape index (κ1) is 23.0. The third-order valence-electron chi connectivity index (χ3n) is 5.22. The third-order valence-corrected chi connectivity index (χ3v) is 5.22. The number of carboxylic acids is 1. The summed E-state index contributed by atoms with van der Waals surface area (Å²) >= 11 is 0. The topological polar surface area (TPSA) is 84.9 Å². The molecule has 3 rings (SSSR count). The summed E-state index contributed by atoms with van der Waals surface area (Å²) in [5, 5.41) is 13.6. The standard InChI is InChI=1S/C24H23F2NO5/c1-3-24(2,22(29)30)27-21(28)19-13-10-16-6-4-5-7-18(16)20(19)31-14-15-8-11-17(12-9-15)32-23(25)26/h4-13,23H,3,14H2,1-2H3,(H,27,28)(H,29,30). The van der Waals surface area contributed by atoms with Gasteiger partial charge in [-0.1, -0.05) is 49.4 Å². The van der Waals surface area contributed by atoms with Gasteiger partial charge in [0.1, 0.15) is 23.6 Å². The minimum atomic E-state index is -2.91. The Kier molecular flexibility index (Phi) is 6.92. The molecule has 1 atom stereocenters. The summed E-state index contributed by atoms with van der Waals surface area (Å²) < 4.78 is 35.0. The van der Waals surface area contributed by atoms with Crippen molar-refractivity contribution < 1.29 is 33.0 Å². The first-order valence-electron chi connectivity index (χ1n) is 9.97. The van der Waals surface area contributed by atoms with Crippen LogP contribution >= 0.6 is 0 Å². The normalized spacial score (nSPS) is 12.9. The van der Waals surface area contributed by atoms with Crippen molar-refractivity contribution >= 4 is 22.6 Å². The van der Waals surface area contributed by atoms with Crippen molar-refractivity contribution in [3.63, 3.8) is 0 Å². The summed E-state index contributed by atoms with van der Waals surface area (Å²) in [6.45, 7) is 0.270. The van der Waals surface area contributed by atoms with Crippen molar-refractivity contribution in [3.8, 4) is 11.5 Å². The SMILES string of the molecule is CCC(C)(NC(=O)c1ccc2ccccc2c1OCc1ccc(OC(F)F)cc1)C(=O)O. The smallest absolute Gasteiger partial charge is 0.387 e. The number of carboxylic acid groups (broad SMARTS) is 1. The first-order valence-corrected chi connectivity index (χ1v) is 9.97. The van der Waals surface area contributed by atoms with Crippen LogP contribution < -0.4 is 14.8 Å². The number of hydrogen-bond acceptors (Lipinski definition) is 4. The summed E-state index contributed by atoms with van der Waals surface area (Å²) in [6.07, 6.45) is 0.199. The molecule has 3 aromatic rings. The summed E-state index contributed by atoms with van der Waals surface area (Å²) in [5.74, 6) is -1.38. The van der Waals surface area contributed by atoms with E-state index in [4.69, 9.17) is 4.74 Å². The van der Waals surface area contributed by atoms with Gasteiger partial charge in [-0.25, -0.2) is 4.79 Å². The van der Waals surface area contributed by atoms with Crippen molar-refractivity contribution in [1.82, 2.24) is 5.32 Å². The molecular formula is C24H23F2NO5. The van der Waals surface area contributed by atoms with E-state index in [1.54, 1.807) is 43.3 Å². The Balaban J connectivity index is 1.90. The Morgan fingerprint density at radius 1 is 1.06 bits per heavy atom. The van der Waals surface area contributed by atoms with Crippen LogP contribution in [0.1, 0.15) is 36.2 Å². The van der Waals surface area contributed by atoms with Crippen LogP contribution in [0.3, 0.4) is 0 Å². The Bertz CT molecular complexity index is 1120. The highest BCUT2D eigenvalue weighted by atomic mass is 19.3. The quantitative estimate of drug-likeness (QED) is 0.486. The molecule has 1 amide bonds. The summed E-state index contributed by atoms with van der Waals surface area (Å²) in [6, 6.07) is 16.7. The zero-order chi connectivity index (χ0) is 23.3. The van der Waals surface area contributed by atoms with Crippen LogP contribution in [0, 0.1) is 0 Å². The molecule has 0 spiro atoms. The van der Waals surface area contributed by atoms with Crippen molar-refractivity contribution in [2.24, 2.45) is 0 Å². The third kappa shape index (κ3) is 5.14. The Labute approximate surface area is 183 Å². The van der Waals surface area contributed by atoms with Crippen molar-refractivity contribution in [2.75, 3.05) is 0 Å². The van der Waals surface area contributed by atoms with Crippen LogP contribution in [0.2, 0.25) is 0 Å². The zero-order valence-corrected chi connectivity index (χ0v) is 17.6. The number of aliphatic carboxylic acids is 1. The fourth-order valence-corrected chi connectivity index (χ4v) is 3.11. The maximum atomic E-state index is 13.0. The lowest BCUT2D eigenvalue weighted by atomic mass is 9.97. The highest BCUT2D eigenvalue weighted by Crippen LogP contribution is 2.31. The molecule has 2 N–H and O–H groups in total. The van der Waals surface area contributed by atoms with E-state index in [0.29, 0.717) is 16.7 Å². The molecule has 0 aliphatic heterocycles. The Hall–Kier alpha value is -3.68. The van der Waals surface area contributed by atoms with Crippen molar-refractivity contribution in [2.45, 2.75) is 39.0 Å². The molecule has 0 radical (unpaired) electrons. The number of ether oxygens (including phenoxy) is 2. The molecule has 3 aromatic carbocycles. The van der Waals surface area contributed by atoms with E-state index >= 15 is 0 Å². The first-order chi connectivity index (χ1) is 15.2. The van der Waals surface area contributed by atoms with Gasteiger partial charge in [0.05, 0.1) is 5.56 Å². The summed E-state index contributed by atoms with van der Waals surface area (Å²) in [5.41, 5.74) is -0.558. The molecule has 32 heavy (non-hydrogen) atoms. The lowest BCUT2D eigenvalue weighted by Crippen LogP contribution is -2.51. The molecule has 0 saturated carbocycles. The fourth-order valence-electron chi connectivity index (χ4n) is 3.11. The second-order valence-corrected chi connectivity index (χ2v) is 7.42. The van der Waals surface area contributed by atoms with E-state index < -0.39 is 24.0 Å². The van der Waals surface area contributed by atoms with Crippen LogP contribution in [0.25, 0.3) is 10.8 Å². The van der Waals surface area contributed by atoms with Crippen LogP contribution in [-0.2, 0) is 11.4 Å². The van der Waals surface area contributed by atoms with Gasteiger partial charge in [-0.05, 0) is 42.5 Å². The largest absolute Gasteiger partial charge is 0.487 e. The zero-order valence-electron chi connectivity index (χ0n) is 17.6. The number of amides is 1. The molecule has 0 aliphatic rings. The van der Waals surface area contributed by atoms with Gasteiger partial charge in [0.25, 0.3) is 5.91 Å². The highest BCUT2D eigenvalue weighted by Gasteiger charge is 2.34. The van der Waals surface area contributed by atoms with E-state index in [-0.39, 0.29) is 24.3 Å². The van der Waals surface area contributed by atoms with Gasteiger partial charge in [-0.15, -0.1) is 0 Å². The molecule has 0 aliphatic carbocycles. The molecule has 0 bridgehead atoms.